The van der Waals surface area contributed by atoms with Gasteiger partial charge in [0.1, 0.15) is 0 Å². The Morgan fingerprint density at radius 1 is 1.29 bits per heavy atom. The SMILES string of the molecule is CCOC(=O)[C@@H]1[C@@H]2[C@@H](C=C[C@@H]1C)C[C@H](C)CC21SCCS1. The van der Waals surface area contributed by atoms with Gasteiger partial charge in [-0.25, -0.2) is 0 Å². The van der Waals surface area contributed by atoms with Gasteiger partial charge in [0.25, 0.3) is 0 Å². The Hall–Kier alpha value is -0.0900. The second-order valence-corrected chi connectivity index (χ2v) is 9.87. The molecular weight excluding hydrogens is 300 g/mol. The first-order valence-corrected chi connectivity index (χ1v) is 10.2. The zero-order chi connectivity index (χ0) is 15.0. The third-order valence-corrected chi connectivity index (χ3v) is 8.86. The van der Waals surface area contributed by atoms with E-state index in [0.717, 1.165) is 5.92 Å². The monoisotopic (exact) mass is 326 g/mol. The van der Waals surface area contributed by atoms with Gasteiger partial charge < -0.3 is 4.74 Å². The Morgan fingerprint density at radius 2 is 2.00 bits per heavy atom. The summed E-state index contributed by atoms with van der Waals surface area (Å²) in [6.45, 7) is 6.97. The zero-order valence-corrected chi connectivity index (χ0v) is 14.8. The van der Waals surface area contributed by atoms with Crippen LogP contribution in [-0.4, -0.2) is 28.2 Å². The van der Waals surface area contributed by atoms with E-state index in [4.69, 9.17) is 4.74 Å². The highest BCUT2D eigenvalue weighted by Crippen LogP contribution is 2.62. The Balaban J connectivity index is 1.96. The summed E-state index contributed by atoms with van der Waals surface area (Å²) in [5, 5.41) is 0. The van der Waals surface area contributed by atoms with Crippen LogP contribution >= 0.6 is 23.5 Å². The summed E-state index contributed by atoms with van der Waals surface area (Å²) in [6.07, 6.45) is 7.15. The molecule has 0 aromatic rings. The maximum Gasteiger partial charge on any atom is 0.309 e. The maximum absolute atomic E-state index is 12.6. The summed E-state index contributed by atoms with van der Waals surface area (Å²) >= 11 is 4.24. The molecule has 0 unspecified atom stereocenters. The van der Waals surface area contributed by atoms with Gasteiger partial charge in [0.05, 0.1) is 16.6 Å². The quantitative estimate of drug-likeness (QED) is 0.561. The predicted molar refractivity (Wildman–Crippen MR) is 91.5 cm³/mol. The lowest BCUT2D eigenvalue weighted by atomic mass is 9.62. The third-order valence-electron chi connectivity index (χ3n) is 5.23. The minimum atomic E-state index is 0.0337. The van der Waals surface area contributed by atoms with E-state index in [9.17, 15) is 4.79 Å². The Labute approximate surface area is 136 Å². The van der Waals surface area contributed by atoms with E-state index in [1.165, 1.54) is 24.3 Å². The molecule has 5 atom stereocenters. The molecule has 3 aliphatic rings. The molecule has 0 N–H and O–H groups in total. The molecule has 0 bridgehead atoms. The van der Waals surface area contributed by atoms with Crippen LogP contribution in [-0.2, 0) is 9.53 Å². The van der Waals surface area contributed by atoms with Crippen molar-refractivity contribution >= 4 is 29.5 Å². The molecule has 21 heavy (non-hydrogen) atoms. The summed E-state index contributed by atoms with van der Waals surface area (Å²) in [6, 6.07) is 0. The number of fused-ring (bicyclic) bond motifs is 2. The van der Waals surface area contributed by atoms with Gasteiger partial charge in [-0.2, -0.15) is 0 Å². The van der Waals surface area contributed by atoms with Crippen LogP contribution in [0.4, 0.5) is 0 Å². The van der Waals surface area contributed by atoms with E-state index in [-0.39, 0.29) is 16.0 Å². The Kier molecular flexibility index (Phi) is 4.66. The van der Waals surface area contributed by atoms with Crippen LogP contribution in [0.1, 0.15) is 33.6 Å². The van der Waals surface area contributed by atoms with E-state index < -0.39 is 0 Å². The van der Waals surface area contributed by atoms with Crippen LogP contribution in [0.5, 0.6) is 0 Å². The highest BCUT2D eigenvalue weighted by Gasteiger charge is 2.56. The molecule has 1 aliphatic heterocycles. The minimum Gasteiger partial charge on any atom is -0.466 e. The average Bonchev–Trinajstić information content (AvgIpc) is 2.88. The van der Waals surface area contributed by atoms with Gasteiger partial charge in [-0.1, -0.05) is 26.0 Å². The molecule has 1 saturated carbocycles. The van der Waals surface area contributed by atoms with E-state index >= 15 is 0 Å². The summed E-state index contributed by atoms with van der Waals surface area (Å²) in [5.41, 5.74) is 0. The van der Waals surface area contributed by atoms with Crippen molar-refractivity contribution in [3.63, 3.8) is 0 Å². The van der Waals surface area contributed by atoms with Crippen LogP contribution in [0.25, 0.3) is 0 Å². The molecular formula is C17H26O2S2. The van der Waals surface area contributed by atoms with Crippen LogP contribution < -0.4 is 0 Å². The average molecular weight is 327 g/mol. The smallest absolute Gasteiger partial charge is 0.309 e. The van der Waals surface area contributed by atoms with E-state index in [2.05, 4.69) is 49.5 Å². The number of ether oxygens (including phenoxy) is 1. The fourth-order valence-corrected chi connectivity index (χ4v) is 8.55. The summed E-state index contributed by atoms with van der Waals surface area (Å²) in [5.74, 6) is 4.60. The molecule has 2 fully saturated rings. The molecule has 1 saturated heterocycles. The lowest BCUT2D eigenvalue weighted by molar-refractivity contribution is -0.153. The first-order chi connectivity index (χ1) is 10.1. The van der Waals surface area contributed by atoms with Crippen LogP contribution in [0.15, 0.2) is 12.2 Å². The second-order valence-electron chi connectivity index (χ2n) is 6.77. The molecule has 3 rings (SSSR count). The van der Waals surface area contributed by atoms with Crippen LogP contribution in [0.2, 0.25) is 0 Å². The van der Waals surface area contributed by atoms with Gasteiger partial charge in [-0.15, -0.1) is 23.5 Å². The standard InChI is InChI=1S/C17H26O2S2/c1-4-19-16(18)14-12(3)5-6-13-9-11(2)10-17(15(13)14)20-7-8-21-17/h5-6,11-15H,4,7-10H2,1-3H3/t11-,12-,13-,14-,15-/m0/s1. The molecule has 2 aliphatic carbocycles. The number of hydrogen-bond donors (Lipinski definition) is 0. The number of rotatable bonds is 2. The highest BCUT2D eigenvalue weighted by molar-refractivity contribution is 8.21. The normalized spacial score (nSPS) is 41.0. The number of esters is 1. The first-order valence-electron chi connectivity index (χ1n) is 8.20. The van der Waals surface area contributed by atoms with Crippen molar-refractivity contribution in [2.45, 2.75) is 37.7 Å². The Bertz CT molecular complexity index is 429. The fourth-order valence-electron chi connectivity index (χ4n) is 4.53. The fraction of sp³-hybridized carbons (Fsp3) is 0.824. The largest absolute Gasteiger partial charge is 0.466 e. The second kappa shape index (κ2) is 6.19. The third kappa shape index (κ3) is 2.78. The van der Waals surface area contributed by atoms with Gasteiger partial charge >= 0.3 is 5.97 Å². The van der Waals surface area contributed by atoms with Crippen molar-refractivity contribution in [1.82, 2.24) is 0 Å². The maximum atomic E-state index is 12.6. The molecule has 1 heterocycles. The summed E-state index contributed by atoms with van der Waals surface area (Å²) < 4.78 is 5.69. The molecule has 4 heteroatoms. The van der Waals surface area contributed by atoms with Crippen molar-refractivity contribution in [1.29, 1.82) is 0 Å². The molecule has 118 valence electrons. The number of thioether (sulfide) groups is 2. The first kappa shape index (κ1) is 15.8. The molecule has 0 aromatic carbocycles. The Morgan fingerprint density at radius 3 is 2.67 bits per heavy atom. The lowest BCUT2D eigenvalue weighted by Gasteiger charge is -2.51. The van der Waals surface area contributed by atoms with Crippen molar-refractivity contribution in [3.8, 4) is 0 Å². The molecule has 1 spiro atoms. The predicted octanol–water partition coefficient (Wildman–Crippen LogP) is 4.21. The van der Waals surface area contributed by atoms with Gasteiger partial charge in [-0.3, -0.25) is 4.79 Å². The number of carbonyl (C=O) groups is 1. The molecule has 2 nitrogen and oxygen atoms in total. The van der Waals surface area contributed by atoms with Crippen LogP contribution in [0, 0.1) is 29.6 Å². The van der Waals surface area contributed by atoms with Crippen molar-refractivity contribution in [3.05, 3.63) is 12.2 Å². The molecule has 0 radical (unpaired) electrons. The van der Waals surface area contributed by atoms with Crippen molar-refractivity contribution < 1.29 is 9.53 Å². The van der Waals surface area contributed by atoms with Gasteiger partial charge in [0.15, 0.2) is 0 Å². The lowest BCUT2D eigenvalue weighted by Crippen LogP contribution is -2.50. The van der Waals surface area contributed by atoms with Gasteiger partial charge in [-0.05, 0) is 37.5 Å². The number of hydrogen-bond acceptors (Lipinski definition) is 4. The molecule has 0 amide bonds. The molecule has 0 aromatic heterocycles. The van der Waals surface area contributed by atoms with Crippen molar-refractivity contribution in [2.24, 2.45) is 29.6 Å². The number of carbonyl (C=O) groups excluding carboxylic acids is 1. The summed E-state index contributed by atoms with van der Waals surface area (Å²) in [4.78, 5) is 12.6. The van der Waals surface area contributed by atoms with Crippen LogP contribution in [0.3, 0.4) is 0 Å². The minimum absolute atomic E-state index is 0.0337. The van der Waals surface area contributed by atoms with Gasteiger partial charge in [0, 0.05) is 17.4 Å². The topological polar surface area (TPSA) is 26.3 Å². The number of allylic oxidation sites excluding steroid dienone is 2. The van der Waals surface area contributed by atoms with E-state index in [1.807, 2.05) is 6.92 Å². The zero-order valence-electron chi connectivity index (χ0n) is 13.2. The highest BCUT2D eigenvalue weighted by atomic mass is 32.2. The summed E-state index contributed by atoms with van der Waals surface area (Å²) in [7, 11) is 0. The van der Waals surface area contributed by atoms with Crippen molar-refractivity contribution in [2.75, 3.05) is 18.1 Å². The van der Waals surface area contributed by atoms with E-state index in [1.54, 1.807) is 0 Å². The van der Waals surface area contributed by atoms with Gasteiger partial charge in [0.2, 0.25) is 0 Å². The van der Waals surface area contributed by atoms with E-state index in [0.29, 0.717) is 24.4 Å².